The zero-order valence-corrected chi connectivity index (χ0v) is 13.7. The second-order valence-corrected chi connectivity index (χ2v) is 6.34. The summed E-state index contributed by atoms with van der Waals surface area (Å²) in [6.07, 6.45) is 6.25. The van der Waals surface area contributed by atoms with Gasteiger partial charge in [0.15, 0.2) is 0 Å². The zero-order valence-electron chi connectivity index (χ0n) is 12.1. The smallest absolute Gasteiger partial charge is 0.433 e. The monoisotopic (exact) mass is 362 g/mol. The van der Waals surface area contributed by atoms with E-state index >= 15 is 0 Å². The lowest BCUT2D eigenvalue weighted by atomic mass is 10.3. The van der Waals surface area contributed by atoms with Gasteiger partial charge in [0.2, 0.25) is 0 Å². The third-order valence-electron chi connectivity index (χ3n) is 3.07. The molecule has 1 amide bonds. The van der Waals surface area contributed by atoms with Crippen LogP contribution in [0, 0.1) is 10.1 Å². The summed E-state index contributed by atoms with van der Waals surface area (Å²) in [6, 6.07) is 6.26. The van der Waals surface area contributed by atoms with E-state index in [1.807, 2.05) is 0 Å². The number of rotatable bonds is 5. The van der Waals surface area contributed by atoms with Crippen LogP contribution < -0.4 is 0 Å². The molecular weight excluding hydrogens is 352 g/mol. The summed E-state index contributed by atoms with van der Waals surface area (Å²) >= 11 is 6.40. The minimum atomic E-state index is -0.614. The van der Waals surface area contributed by atoms with Crippen molar-refractivity contribution in [1.82, 2.24) is 4.90 Å². The van der Waals surface area contributed by atoms with Crippen LogP contribution in [0.5, 0.6) is 0 Å². The molecule has 0 saturated carbocycles. The maximum atomic E-state index is 12.3. The lowest BCUT2D eigenvalue weighted by molar-refractivity contribution is -0.402. The predicted molar refractivity (Wildman–Crippen MR) is 91.9 cm³/mol. The summed E-state index contributed by atoms with van der Waals surface area (Å²) in [5, 5.41) is 10.5. The van der Waals surface area contributed by atoms with Crippen molar-refractivity contribution in [2.24, 2.45) is 0 Å². The number of amides is 1. The first kappa shape index (κ1) is 16.2. The van der Waals surface area contributed by atoms with Gasteiger partial charge in [-0.2, -0.15) is 0 Å². The Kier molecular flexibility index (Phi) is 4.63. The average molecular weight is 362 g/mol. The highest BCUT2D eigenvalue weighted by atomic mass is 32.2. The van der Waals surface area contributed by atoms with Gasteiger partial charge in [0, 0.05) is 0 Å². The van der Waals surface area contributed by atoms with Crippen molar-refractivity contribution in [2.75, 3.05) is 0 Å². The SMILES string of the molecule is O=C1/C(=C/C=C/c2ccc([N+](=O)[O-])o2)SC(=S)N1Cc1ccco1. The van der Waals surface area contributed by atoms with E-state index < -0.39 is 4.92 Å². The number of hydrogen-bond donors (Lipinski definition) is 0. The van der Waals surface area contributed by atoms with Crippen molar-refractivity contribution in [3.8, 4) is 0 Å². The Hall–Kier alpha value is -2.65. The first-order chi connectivity index (χ1) is 11.5. The van der Waals surface area contributed by atoms with Crippen LogP contribution in [0.3, 0.4) is 0 Å². The summed E-state index contributed by atoms with van der Waals surface area (Å²) in [5.41, 5.74) is 0. The molecule has 24 heavy (non-hydrogen) atoms. The van der Waals surface area contributed by atoms with Gasteiger partial charge >= 0.3 is 5.88 Å². The van der Waals surface area contributed by atoms with Crippen LogP contribution in [0.15, 0.2) is 56.4 Å². The van der Waals surface area contributed by atoms with Crippen LogP contribution in [0.4, 0.5) is 5.88 Å². The minimum absolute atomic E-state index is 0.212. The Balaban J connectivity index is 1.69. The molecule has 2 aromatic heterocycles. The fourth-order valence-corrected chi connectivity index (χ4v) is 3.18. The number of nitro groups is 1. The third kappa shape index (κ3) is 3.47. The number of allylic oxidation sites excluding steroid dienone is 2. The molecule has 0 atom stereocenters. The molecule has 0 spiro atoms. The van der Waals surface area contributed by atoms with Crippen LogP contribution in [-0.4, -0.2) is 20.1 Å². The van der Waals surface area contributed by atoms with Gasteiger partial charge < -0.3 is 8.83 Å². The Morgan fingerprint density at radius 2 is 2.21 bits per heavy atom. The van der Waals surface area contributed by atoms with E-state index in [4.69, 9.17) is 21.1 Å². The van der Waals surface area contributed by atoms with Crippen molar-refractivity contribution in [2.45, 2.75) is 6.54 Å². The average Bonchev–Trinajstić information content (AvgIpc) is 3.26. The second kappa shape index (κ2) is 6.85. The fraction of sp³-hybridized carbons (Fsp3) is 0.0667. The number of hydrogen-bond acceptors (Lipinski definition) is 7. The number of nitrogens with zero attached hydrogens (tertiary/aromatic N) is 2. The van der Waals surface area contributed by atoms with Crippen LogP contribution >= 0.6 is 24.0 Å². The van der Waals surface area contributed by atoms with Gasteiger partial charge in [-0.25, -0.2) is 0 Å². The van der Waals surface area contributed by atoms with Gasteiger partial charge in [-0.3, -0.25) is 19.8 Å². The van der Waals surface area contributed by atoms with E-state index in [1.165, 1.54) is 41.1 Å². The molecule has 3 rings (SSSR count). The second-order valence-electron chi connectivity index (χ2n) is 4.66. The van der Waals surface area contributed by atoms with Crippen molar-refractivity contribution >= 4 is 46.2 Å². The van der Waals surface area contributed by atoms with E-state index in [9.17, 15) is 14.9 Å². The molecule has 0 bridgehead atoms. The first-order valence-electron chi connectivity index (χ1n) is 6.73. The first-order valence-corrected chi connectivity index (χ1v) is 7.96. The Morgan fingerprint density at radius 3 is 2.88 bits per heavy atom. The highest BCUT2D eigenvalue weighted by Crippen LogP contribution is 2.32. The van der Waals surface area contributed by atoms with Crippen molar-refractivity contribution in [3.63, 3.8) is 0 Å². The summed E-state index contributed by atoms with van der Waals surface area (Å²) in [6.45, 7) is 0.281. The number of carbonyl (C=O) groups excluding carboxylic acids is 1. The number of furan rings is 2. The quantitative estimate of drug-likeness (QED) is 0.346. The van der Waals surface area contributed by atoms with Crippen LogP contribution in [0.25, 0.3) is 6.08 Å². The van der Waals surface area contributed by atoms with Crippen LogP contribution in [0.1, 0.15) is 11.5 Å². The molecule has 1 aliphatic rings. The van der Waals surface area contributed by atoms with Gasteiger partial charge in [-0.15, -0.1) is 0 Å². The van der Waals surface area contributed by atoms with E-state index in [0.29, 0.717) is 20.7 Å². The van der Waals surface area contributed by atoms with Crippen molar-refractivity contribution < 1.29 is 18.6 Å². The predicted octanol–water partition coefficient (Wildman–Crippen LogP) is 3.74. The number of thiocarbonyl (C=S) groups is 1. The maximum Gasteiger partial charge on any atom is 0.433 e. The minimum Gasteiger partial charge on any atom is -0.467 e. The maximum absolute atomic E-state index is 12.3. The van der Waals surface area contributed by atoms with E-state index in [0.717, 1.165) is 0 Å². The fourth-order valence-electron chi connectivity index (χ4n) is 1.97. The molecule has 3 heterocycles. The molecule has 9 heteroatoms. The standard InChI is InChI=1S/C15H10N2O5S2/c18-14-12(5-1-3-10-6-7-13(22-10)17(19)20)24-15(23)16(14)9-11-4-2-8-21-11/h1-8H,9H2/b3-1+,12-5-. The number of carbonyl (C=O) groups is 1. The Labute approximate surface area is 145 Å². The van der Waals surface area contributed by atoms with Gasteiger partial charge in [0.25, 0.3) is 5.91 Å². The molecule has 0 aliphatic carbocycles. The summed E-state index contributed by atoms with van der Waals surface area (Å²) in [7, 11) is 0. The van der Waals surface area contributed by atoms with Gasteiger partial charge in [0.05, 0.1) is 23.8 Å². The molecule has 0 N–H and O–H groups in total. The molecule has 0 unspecified atom stereocenters. The van der Waals surface area contributed by atoms with Gasteiger partial charge in [-0.1, -0.05) is 30.1 Å². The van der Waals surface area contributed by atoms with E-state index in [1.54, 1.807) is 24.3 Å². The Bertz CT molecular complexity index is 851. The van der Waals surface area contributed by atoms with E-state index in [-0.39, 0.29) is 18.3 Å². The molecule has 1 fully saturated rings. The summed E-state index contributed by atoms with van der Waals surface area (Å²) in [4.78, 5) is 24.2. The van der Waals surface area contributed by atoms with Crippen molar-refractivity contribution in [3.05, 3.63) is 69.2 Å². The third-order valence-corrected chi connectivity index (χ3v) is 4.46. The normalized spacial score (nSPS) is 16.7. The summed E-state index contributed by atoms with van der Waals surface area (Å²) in [5.74, 6) is 0.422. The largest absolute Gasteiger partial charge is 0.467 e. The number of thioether (sulfide) groups is 1. The molecule has 0 aromatic carbocycles. The highest BCUT2D eigenvalue weighted by molar-refractivity contribution is 8.26. The van der Waals surface area contributed by atoms with Crippen molar-refractivity contribution in [1.29, 1.82) is 0 Å². The van der Waals surface area contributed by atoms with Crippen LogP contribution in [0.2, 0.25) is 0 Å². The molecule has 122 valence electrons. The van der Waals surface area contributed by atoms with Gasteiger partial charge in [-0.05, 0) is 30.4 Å². The molecule has 7 nitrogen and oxygen atoms in total. The van der Waals surface area contributed by atoms with Crippen LogP contribution in [-0.2, 0) is 11.3 Å². The molecule has 1 saturated heterocycles. The molecule has 2 aromatic rings. The summed E-state index contributed by atoms with van der Waals surface area (Å²) < 4.78 is 10.7. The lowest BCUT2D eigenvalue weighted by Gasteiger charge is -2.11. The Morgan fingerprint density at radius 1 is 1.38 bits per heavy atom. The molecular formula is C15H10N2O5S2. The molecule has 1 aliphatic heterocycles. The van der Waals surface area contributed by atoms with Gasteiger partial charge in [0.1, 0.15) is 20.8 Å². The zero-order chi connectivity index (χ0) is 17.1. The topological polar surface area (TPSA) is 89.7 Å². The lowest BCUT2D eigenvalue weighted by Crippen LogP contribution is -2.27. The van der Waals surface area contributed by atoms with E-state index in [2.05, 4.69) is 0 Å². The highest BCUT2D eigenvalue weighted by Gasteiger charge is 2.32. The molecule has 0 radical (unpaired) electrons.